The zero-order chi connectivity index (χ0) is 17.7. The lowest BCUT2D eigenvalue weighted by molar-refractivity contribution is 0.0945. The third-order valence-electron chi connectivity index (χ3n) is 3.89. The minimum atomic E-state index is -0.270. The smallest absolute Gasteiger partial charge is 0.251 e. The van der Waals surface area contributed by atoms with Crippen LogP contribution in [0.5, 0.6) is 0 Å². The first-order valence-electron chi connectivity index (χ1n) is 7.65. The van der Waals surface area contributed by atoms with Crippen molar-refractivity contribution in [1.29, 1.82) is 0 Å². The van der Waals surface area contributed by atoms with Gasteiger partial charge in [0.25, 0.3) is 5.91 Å². The molecule has 0 saturated carbocycles. The van der Waals surface area contributed by atoms with E-state index in [0.717, 1.165) is 11.1 Å². The topological polar surface area (TPSA) is 38.3 Å². The fourth-order valence-corrected chi connectivity index (χ4v) is 2.69. The Labute approximate surface area is 152 Å². The van der Waals surface area contributed by atoms with Crippen LogP contribution in [-0.2, 0) is 16.8 Å². The molecule has 0 fully saturated rings. The molecule has 0 bridgehead atoms. The first kappa shape index (κ1) is 18.8. The summed E-state index contributed by atoms with van der Waals surface area (Å²) in [6, 6.07) is 13.0. The lowest BCUT2D eigenvalue weighted by Gasteiger charge is -2.26. The zero-order valence-corrected chi connectivity index (χ0v) is 15.5. The number of hydrogen-bond donors (Lipinski definition) is 1. The largest absolute Gasteiger partial charge is 0.380 e. The van der Waals surface area contributed by atoms with Gasteiger partial charge in [0.2, 0.25) is 0 Å². The highest BCUT2D eigenvalue weighted by molar-refractivity contribution is 6.42. The van der Waals surface area contributed by atoms with Gasteiger partial charge in [-0.1, -0.05) is 55.2 Å². The molecule has 0 heterocycles. The van der Waals surface area contributed by atoms with E-state index in [2.05, 4.69) is 5.32 Å². The summed E-state index contributed by atoms with van der Waals surface area (Å²) < 4.78 is 5.10. The lowest BCUT2D eigenvalue weighted by atomic mass is 9.84. The Morgan fingerprint density at radius 2 is 1.88 bits per heavy atom. The number of halogens is 2. The molecule has 0 unspecified atom stereocenters. The molecule has 2 aromatic rings. The zero-order valence-electron chi connectivity index (χ0n) is 14.0. The Morgan fingerprint density at radius 1 is 1.12 bits per heavy atom. The highest BCUT2D eigenvalue weighted by Crippen LogP contribution is 2.29. The molecule has 2 aromatic carbocycles. The first-order chi connectivity index (χ1) is 11.3. The minimum absolute atomic E-state index is 0.110. The maximum Gasteiger partial charge on any atom is 0.251 e. The van der Waals surface area contributed by atoms with Crippen LogP contribution in [0, 0.1) is 0 Å². The number of rotatable bonds is 6. The first-order valence-corrected chi connectivity index (χ1v) is 8.41. The molecule has 128 valence electrons. The molecule has 24 heavy (non-hydrogen) atoms. The number of nitrogens with one attached hydrogen (secondary N) is 1. The molecule has 0 saturated heterocycles. The second-order valence-corrected chi connectivity index (χ2v) is 7.14. The van der Waals surface area contributed by atoms with Gasteiger partial charge in [0.1, 0.15) is 0 Å². The molecule has 2 rings (SSSR count). The number of benzene rings is 2. The van der Waals surface area contributed by atoms with Gasteiger partial charge < -0.3 is 10.1 Å². The van der Waals surface area contributed by atoms with E-state index in [1.165, 1.54) is 0 Å². The number of hydrogen-bond acceptors (Lipinski definition) is 2. The molecule has 1 N–H and O–H groups in total. The SMILES string of the molecule is COCc1cccc(C(=O)NCC(C)(C)c2ccc(Cl)c(Cl)c2)c1. The molecule has 0 aliphatic heterocycles. The number of carbonyl (C=O) groups is 1. The highest BCUT2D eigenvalue weighted by atomic mass is 35.5. The van der Waals surface area contributed by atoms with Crippen LogP contribution in [0.1, 0.15) is 35.3 Å². The van der Waals surface area contributed by atoms with Gasteiger partial charge in [0.05, 0.1) is 16.7 Å². The lowest BCUT2D eigenvalue weighted by Crippen LogP contribution is -2.36. The molecule has 0 spiro atoms. The van der Waals surface area contributed by atoms with Crippen molar-refractivity contribution in [3.05, 3.63) is 69.2 Å². The van der Waals surface area contributed by atoms with E-state index in [9.17, 15) is 4.79 Å². The predicted octanol–water partition coefficient (Wildman–Crippen LogP) is 4.85. The van der Waals surface area contributed by atoms with E-state index in [0.29, 0.717) is 28.8 Å². The standard InChI is InChI=1S/C19H21Cl2NO2/c1-19(2,15-7-8-16(20)17(21)10-15)12-22-18(23)14-6-4-5-13(9-14)11-24-3/h4-10H,11-12H2,1-3H3,(H,22,23). The average molecular weight is 366 g/mol. The van der Waals surface area contributed by atoms with E-state index >= 15 is 0 Å². The van der Waals surface area contributed by atoms with Gasteiger partial charge in [-0.25, -0.2) is 0 Å². The van der Waals surface area contributed by atoms with Crippen molar-refractivity contribution < 1.29 is 9.53 Å². The van der Waals surface area contributed by atoms with Crippen LogP contribution in [0.4, 0.5) is 0 Å². The summed E-state index contributed by atoms with van der Waals surface area (Å²) in [5.74, 6) is -0.110. The third kappa shape index (κ3) is 4.73. The number of amides is 1. The number of ether oxygens (including phenoxy) is 1. The van der Waals surface area contributed by atoms with Crippen LogP contribution in [0.3, 0.4) is 0 Å². The van der Waals surface area contributed by atoms with Gasteiger partial charge in [0, 0.05) is 24.6 Å². The van der Waals surface area contributed by atoms with Gasteiger partial charge in [-0.15, -0.1) is 0 Å². The molecule has 0 atom stereocenters. The maximum absolute atomic E-state index is 12.4. The van der Waals surface area contributed by atoms with E-state index in [1.807, 2.05) is 44.2 Å². The summed E-state index contributed by atoms with van der Waals surface area (Å²) in [6.45, 7) is 5.07. The predicted molar refractivity (Wildman–Crippen MR) is 99.0 cm³/mol. The van der Waals surface area contributed by atoms with E-state index in [-0.39, 0.29) is 11.3 Å². The Balaban J connectivity index is 2.06. The fourth-order valence-electron chi connectivity index (χ4n) is 2.39. The second kappa shape index (κ2) is 8.02. The molecule has 1 amide bonds. The summed E-state index contributed by atoms with van der Waals surface area (Å²) >= 11 is 12.1. The number of methoxy groups -OCH3 is 1. The highest BCUT2D eigenvalue weighted by Gasteiger charge is 2.22. The van der Waals surface area contributed by atoms with E-state index in [4.69, 9.17) is 27.9 Å². The Hall–Kier alpha value is -1.55. The second-order valence-electron chi connectivity index (χ2n) is 6.33. The molecular formula is C19H21Cl2NO2. The van der Waals surface area contributed by atoms with Crippen LogP contribution in [0.15, 0.2) is 42.5 Å². The third-order valence-corrected chi connectivity index (χ3v) is 4.63. The van der Waals surface area contributed by atoms with Crippen LogP contribution in [0.25, 0.3) is 0 Å². The van der Waals surface area contributed by atoms with Gasteiger partial charge in [-0.3, -0.25) is 4.79 Å². The van der Waals surface area contributed by atoms with Crippen LogP contribution in [-0.4, -0.2) is 19.6 Å². The van der Waals surface area contributed by atoms with Gasteiger partial charge >= 0.3 is 0 Å². The van der Waals surface area contributed by atoms with Crippen LogP contribution >= 0.6 is 23.2 Å². The molecule has 5 heteroatoms. The van der Waals surface area contributed by atoms with E-state index in [1.54, 1.807) is 19.2 Å². The van der Waals surface area contributed by atoms with Crippen molar-refractivity contribution >= 4 is 29.1 Å². The molecule has 0 aliphatic rings. The van der Waals surface area contributed by atoms with Crippen molar-refractivity contribution in [3.8, 4) is 0 Å². The maximum atomic E-state index is 12.4. The molecule has 0 radical (unpaired) electrons. The molecule has 0 aromatic heterocycles. The normalized spacial score (nSPS) is 11.4. The Morgan fingerprint density at radius 3 is 2.54 bits per heavy atom. The van der Waals surface area contributed by atoms with Crippen molar-refractivity contribution in [2.24, 2.45) is 0 Å². The summed E-state index contributed by atoms with van der Waals surface area (Å²) in [6.07, 6.45) is 0. The van der Waals surface area contributed by atoms with Gasteiger partial charge in [0.15, 0.2) is 0 Å². The van der Waals surface area contributed by atoms with E-state index < -0.39 is 0 Å². The Kier molecular flexibility index (Phi) is 6.27. The quantitative estimate of drug-likeness (QED) is 0.794. The van der Waals surface area contributed by atoms with Crippen molar-refractivity contribution in [2.75, 3.05) is 13.7 Å². The summed E-state index contributed by atoms with van der Waals surface area (Å²) in [5.41, 5.74) is 2.34. The Bertz CT molecular complexity index is 729. The molecular weight excluding hydrogens is 345 g/mol. The van der Waals surface area contributed by atoms with Gasteiger partial charge in [-0.2, -0.15) is 0 Å². The molecule has 0 aliphatic carbocycles. The van der Waals surface area contributed by atoms with Crippen molar-refractivity contribution in [3.63, 3.8) is 0 Å². The van der Waals surface area contributed by atoms with Crippen LogP contribution in [0.2, 0.25) is 10.0 Å². The van der Waals surface area contributed by atoms with Crippen molar-refractivity contribution in [2.45, 2.75) is 25.9 Å². The molecule has 3 nitrogen and oxygen atoms in total. The average Bonchev–Trinajstić information content (AvgIpc) is 2.55. The summed E-state index contributed by atoms with van der Waals surface area (Å²) in [7, 11) is 1.63. The minimum Gasteiger partial charge on any atom is -0.380 e. The monoisotopic (exact) mass is 365 g/mol. The fraction of sp³-hybridized carbons (Fsp3) is 0.316. The summed E-state index contributed by atoms with van der Waals surface area (Å²) in [5, 5.41) is 4.02. The van der Waals surface area contributed by atoms with Gasteiger partial charge in [-0.05, 0) is 35.4 Å². The summed E-state index contributed by atoms with van der Waals surface area (Å²) in [4.78, 5) is 12.4. The van der Waals surface area contributed by atoms with Crippen LogP contribution < -0.4 is 5.32 Å². The van der Waals surface area contributed by atoms with Crippen molar-refractivity contribution in [1.82, 2.24) is 5.32 Å². The number of carbonyl (C=O) groups excluding carboxylic acids is 1.